The second kappa shape index (κ2) is 4.91. The van der Waals surface area contributed by atoms with Gasteiger partial charge in [-0.05, 0) is 12.5 Å². The van der Waals surface area contributed by atoms with E-state index in [1.165, 1.54) is 7.11 Å². The molecule has 1 fully saturated rings. The topological polar surface area (TPSA) is 60.4 Å². The molecule has 0 aliphatic heterocycles. The highest BCUT2D eigenvalue weighted by molar-refractivity contribution is 6.84. The van der Waals surface area contributed by atoms with Gasteiger partial charge in [0.2, 0.25) is 0 Å². The lowest BCUT2D eigenvalue weighted by atomic mass is 10.3. The lowest BCUT2D eigenvalue weighted by Crippen LogP contribution is -2.36. The molecule has 0 radical (unpaired) electrons. The van der Waals surface area contributed by atoms with Crippen LogP contribution in [0.15, 0.2) is 0 Å². The van der Waals surface area contributed by atoms with Gasteiger partial charge in [-0.15, -0.1) is 0 Å². The van der Waals surface area contributed by atoms with E-state index in [0.717, 1.165) is 0 Å². The van der Waals surface area contributed by atoms with Gasteiger partial charge >= 0.3 is 5.97 Å². The van der Waals surface area contributed by atoms with Gasteiger partial charge in [0.25, 0.3) is 0 Å². The first-order chi connectivity index (χ1) is 7.38. The number of ether oxygens (including phenoxy) is 1. The van der Waals surface area contributed by atoms with E-state index in [-0.39, 0.29) is 23.1 Å². The smallest absolute Gasteiger partial charge is 0.305 e. The Morgan fingerprint density at radius 3 is 2.50 bits per heavy atom. The maximum Gasteiger partial charge on any atom is 0.305 e. The molecule has 1 saturated carbocycles. The normalized spacial score (nSPS) is 21.3. The zero-order valence-corrected chi connectivity index (χ0v) is 11.0. The van der Waals surface area contributed by atoms with Crippen LogP contribution in [0, 0.1) is 0 Å². The van der Waals surface area contributed by atoms with Gasteiger partial charge < -0.3 is 4.74 Å². The molecule has 0 spiro atoms. The van der Waals surface area contributed by atoms with Crippen LogP contribution in [-0.4, -0.2) is 32.7 Å². The van der Waals surface area contributed by atoms with Gasteiger partial charge in [-0.2, -0.15) is 0 Å². The summed E-state index contributed by atoms with van der Waals surface area (Å²) in [4.78, 5) is 33.9. The molecule has 1 rings (SSSR count). The Morgan fingerprint density at radius 1 is 1.44 bits per heavy atom. The molecule has 90 valence electrons. The lowest BCUT2D eigenvalue weighted by Gasteiger charge is -2.27. The quantitative estimate of drug-likeness (QED) is 0.426. The summed E-state index contributed by atoms with van der Waals surface area (Å²) in [6.45, 7) is 4.13. The van der Waals surface area contributed by atoms with Crippen molar-refractivity contribution in [1.29, 1.82) is 0 Å². The van der Waals surface area contributed by atoms with Gasteiger partial charge in [0.1, 0.15) is 0 Å². The number of esters is 1. The molecule has 0 N–H and O–H groups in total. The van der Waals surface area contributed by atoms with Crippen molar-refractivity contribution in [3.8, 4) is 0 Å². The molecular weight excluding hydrogens is 224 g/mol. The molecule has 1 unspecified atom stereocenters. The molecule has 0 aromatic rings. The SMILES string of the molecule is COC(=O)CC[Si](C)(C)C1CCC(=O)C1=O. The predicted octanol–water partition coefficient (Wildman–Crippen LogP) is 1.56. The minimum absolute atomic E-state index is 0.0929. The summed E-state index contributed by atoms with van der Waals surface area (Å²) in [5.41, 5.74) is -0.0929. The summed E-state index contributed by atoms with van der Waals surface area (Å²) in [5, 5.41) is 0. The maximum absolute atomic E-state index is 11.6. The van der Waals surface area contributed by atoms with Crippen LogP contribution in [0.3, 0.4) is 0 Å². The van der Waals surface area contributed by atoms with E-state index in [0.29, 0.717) is 25.3 Å². The number of carbonyl (C=O) groups excluding carboxylic acids is 3. The van der Waals surface area contributed by atoms with E-state index in [9.17, 15) is 14.4 Å². The lowest BCUT2D eigenvalue weighted by molar-refractivity contribution is -0.140. The Labute approximate surface area is 96.4 Å². The summed E-state index contributed by atoms with van der Waals surface area (Å²) in [5.74, 6) is -0.678. The molecule has 4 nitrogen and oxygen atoms in total. The van der Waals surface area contributed by atoms with Gasteiger partial charge in [-0.3, -0.25) is 14.4 Å². The highest BCUT2D eigenvalue weighted by Crippen LogP contribution is 2.37. The summed E-state index contributed by atoms with van der Waals surface area (Å²) >= 11 is 0. The summed E-state index contributed by atoms with van der Waals surface area (Å²) in [6.07, 6.45) is 1.42. The highest BCUT2D eigenvalue weighted by Gasteiger charge is 2.43. The fraction of sp³-hybridized carbons (Fsp3) is 0.727. The minimum atomic E-state index is -1.83. The van der Waals surface area contributed by atoms with Crippen LogP contribution in [0.1, 0.15) is 19.3 Å². The number of hydrogen-bond acceptors (Lipinski definition) is 4. The highest BCUT2D eigenvalue weighted by atomic mass is 28.3. The van der Waals surface area contributed by atoms with Crippen molar-refractivity contribution in [2.24, 2.45) is 0 Å². The Bertz CT molecular complexity index is 322. The standard InChI is InChI=1S/C11H18O4Si/c1-15-10(13)6-7-16(2,3)9-5-4-8(12)11(9)14/h9H,4-7H2,1-3H3. The average molecular weight is 242 g/mol. The van der Waals surface area contributed by atoms with Crippen molar-refractivity contribution in [3.63, 3.8) is 0 Å². The van der Waals surface area contributed by atoms with Crippen molar-refractivity contribution < 1.29 is 19.1 Å². The number of hydrogen-bond donors (Lipinski definition) is 0. The molecule has 0 amide bonds. The van der Waals surface area contributed by atoms with Gasteiger partial charge in [0, 0.05) is 18.4 Å². The Morgan fingerprint density at radius 2 is 2.06 bits per heavy atom. The van der Waals surface area contributed by atoms with Gasteiger partial charge in [0.05, 0.1) is 15.2 Å². The van der Waals surface area contributed by atoms with Crippen LogP contribution < -0.4 is 0 Å². The molecule has 0 bridgehead atoms. The first kappa shape index (κ1) is 13.1. The van der Waals surface area contributed by atoms with E-state index in [4.69, 9.17) is 0 Å². The molecular formula is C11H18O4Si. The van der Waals surface area contributed by atoms with Crippen molar-refractivity contribution >= 4 is 25.6 Å². The number of carbonyl (C=O) groups is 3. The first-order valence-corrected chi connectivity index (χ1v) is 8.81. The van der Waals surface area contributed by atoms with Crippen LogP contribution in [0.4, 0.5) is 0 Å². The fourth-order valence-electron chi connectivity index (χ4n) is 2.17. The molecule has 0 heterocycles. The molecule has 1 atom stereocenters. The van der Waals surface area contributed by atoms with E-state index in [2.05, 4.69) is 17.8 Å². The number of ketones is 2. The van der Waals surface area contributed by atoms with Gasteiger partial charge in [-0.25, -0.2) is 0 Å². The van der Waals surface area contributed by atoms with E-state index < -0.39 is 8.07 Å². The van der Waals surface area contributed by atoms with Crippen LogP contribution in [0.2, 0.25) is 24.7 Å². The van der Waals surface area contributed by atoms with Gasteiger partial charge in [0.15, 0.2) is 11.6 Å². The average Bonchev–Trinajstić information content (AvgIpc) is 2.57. The predicted molar refractivity (Wildman–Crippen MR) is 61.9 cm³/mol. The summed E-state index contributed by atoms with van der Waals surface area (Å²) in [6, 6.07) is 0.712. The van der Waals surface area contributed by atoms with E-state index in [1.807, 2.05) is 0 Å². The van der Waals surface area contributed by atoms with E-state index in [1.54, 1.807) is 0 Å². The third kappa shape index (κ3) is 2.78. The van der Waals surface area contributed by atoms with Crippen LogP contribution in [0.25, 0.3) is 0 Å². The second-order valence-corrected chi connectivity index (χ2v) is 10.1. The number of rotatable bonds is 4. The maximum atomic E-state index is 11.6. The van der Waals surface area contributed by atoms with Crippen molar-refractivity contribution in [2.75, 3.05) is 7.11 Å². The second-order valence-electron chi connectivity index (χ2n) is 4.94. The van der Waals surface area contributed by atoms with Crippen LogP contribution in [0.5, 0.6) is 0 Å². The zero-order chi connectivity index (χ0) is 12.3. The zero-order valence-electron chi connectivity index (χ0n) is 10.0. The molecule has 0 aromatic heterocycles. The monoisotopic (exact) mass is 242 g/mol. The van der Waals surface area contributed by atoms with Crippen molar-refractivity contribution in [2.45, 2.75) is 43.9 Å². The largest absolute Gasteiger partial charge is 0.469 e. The number of methoxy groups -OCH3 is 1. The molecule has 0 aromatic carbocycles. The van der Waals surface area contributed by atoms with E-state index >= 15 is 0 Å². The van der Waals surface area contributed by atoms with Crippen LogP contribution >= 0.6 is 0 Å². The molecule has 1 aliphatic carbocycles. The molecule has 1 aliphatic rings. The Hall–Kier alpha value is -0.973. The summed E-state index contributed by atoms with van der Waals surface area (Å²) in [7, 11) is -0.463. The minimum Gasteiger partial charge on any atom is -0.469 e. The Balaban J connectivity index is 2.60. The molecule has 16 heavy (non-hydrogen) atoms. The van der Waals surface area contributed by atoms with Gasteiger partial charge in [-0.1, -0.05) is 13.1 Å². The van der Waals surface area contributed by atoms with Crippen molar-refractivity contribution in [3.05, 3.63) is 0 Å². The third-order valence-corrected chi connectivity index (χ3v) is 7.37. The Kier molecular flexibility index (Phi) is 4.01. The number of Topliss-reactive ketones (excluding diaryl/α,β-unsaturated/α-hetero) is 2. The third-order valence-electron chi connectivity index (χ3n) is 3.40. The van der Waals surface area contributed by atoms with Crippen LogP contribution in [-0.2, 0) is 19.1 Å². The van der Waals surface area contributed by atoms with Crippen molar-refractivity contribution in [1.82, 2.24) is 0 Å². The fourth-order valence-corrected chi connectivity index (χ4v) is 5.16. The molecule has 5 heteroatoms. The molecule has 0 saturated heterocycles. The summed E-state index contributed by atoms with van der Waals surface area (Å²) < 4.78 is 4.59. The first-order valence-electron chi connectivity index (χ1n) is 5.52.